The summed E-state index contributed by atoms with van der Waals surface area (Å²) in [7, 11) is 1.88. The van der Waals surface area contributed by atoms with E-state index in [1.54, 1.807) is 24.0 Å². The molecule has 1 aliphatic heterocycles. The van der Waals surface area contributed by atoms with Crippen molar-refractivity contribution in [3.05, 3.63) is 30.6 Å². The number of imidazole rings is 1. The van der Waals surface area contributed by atoms with Gasteiger partial charge in [0.1, 0.15) is 5.82 Å². The van der Waals surface area contributed by atoms with Crippen molar-refractivity contribution in [3.8, 4) is 0 Å². The Morgan fingerprint density at radius 3 is 2.74 bits per heavy atom. The molecule has 0 N–H and O–H groups in total. The highest BCUT2D eigenvalue weighted by molar-refractivity contribution is 7.89. The predicted molar refractivity (Wildman–Crippen MR) is 85.4 cm³/mol. The van der Waals surface area contributed by atoms with E-state index in [9.17, 15) is 8.42 Å². The number of anilines is 1. The van der Waals surface area contributed by atoms with Gasteiger partial charge in [-0.2, -0.15) is 4.31 Å². The molecule has 1 fully saturated rings. The quantitative estimate of drug-likeness (QED) is 0.821. The first-order chi connectivity index (χ1) is 10.9. The second-order valence-electron chi connectivity index (χ2n) is 5.85. The van der Waals surface area contributed by atoms with Gasteiger partial charge in [0.05, 0.1) is 30.5 Å². The Hall–Kier alpha value is -2.00. The Balaban J connectivity index is 1.96. The standard InChI is InChI=1S/C14H20N6O2S/c1-18(2)13-8-15-7-11(17-13)12-5-4-6-20(12)23(21,22)14-9-19(3)10-16-14/h7-10,12H,4-6H2,1-3H3/t12-/m1/s1. The van der Waals surface area contributed by atoms with E-state index in [0.29, 0.717) is 18.1 Å². The zero-order valence-corrected chi connectivity index (χ0v) is 14.2. The summed E-state index contributed by atoms with van der Waals surface area (Å²) < 4.78 is 28.8. The molecule has 1 aliphatic rings. The minimum atomic E-state index is -3.63. The molecule has 2 aromatic rings. The van der Waals surface area contributed by atoms with Crippen molar-refractivity contribution in [2.45, 2.75) is 23.9 Å². The predicted octanol–water partition coefficient (Wildman–Crippen LogP) is 0.802. The molecule has 0 aromatic carbocycles. The minimum absolute atomic E-state index is 0.0728. The van der Waals surface area contributed by atoms with Gasteiger partial charge in [-0.3, -0.25) is 4.98 Å². The van der Waals surface area contributed by atoms with Crippen LogP contribution in [0.3, 0.4) is 0 Å². The zero-order chi connectivity index (χ0) is 16.6. The fourth-order valence-corrected chi connectivity index (χ4v) is 4.35. The number of sulfonamides is 1. The lowest BCUT2D eigenvalue weighted by molar-refractivity contribution is 0.388. The molecule has 3 rings (SSSR count). The van der Waals surface area contributed by atoms with Crippen molar-refractivity contribution in [2.75, 3.05) is 25.5 Å². The monoisotopic (exact) mass is 336 g/mol. The molecule has 0 bridgehead atoms. The molecule has 23 heavy (non-hydrogen) atoms. The third kappa shape index (κ3) is 2.93. The van der Waals surface area contributed by atoms with Crippen LogP contribution < -0.4 is 4.90 Å². The molecule has 0 saturated carbocycles. The second kappa shape index (κ2) is 5.89. The highest BCUT2D eigenvalue weighted by atomic mass is 32.2. The molecule has 2 aromatic heterocycles. The van der Waals surface area contributed by atoms with Crippen LogP contribution >= 0.6 is 0 Å². The smallest absolute Gasteiger partial charge is 0.262 e. The molecule has 124 valence electrons. The number of hydrogen-bond donors (Lipinski definition) is 0. The normalized spacial score (nSPS) is 19.2. The third-order valence-corrected chi connectivity index (χ3v) is 5.69. The maximum atomic E-state index is 12.8. The van der Waals surface area contributed by atoms with E-state index in [4.69, 9.17) is 0 Å². The maximum absolute atomic E-state index is 12.8. The molecule has 0 aliphatic carbocycles. The molecule has 8 nitrogen and oxygen atoms in total. The Morgan fingerprint density at radius 1 is 1.30 bits per heavy atom. The lowest BCUT2D eigenvalue weighted by atomic mass is 10.2. The molecule has 0 unspecified atom stereocenters. The molecule has 0 radical (unpaired) electrons. The van der Waals surface area contributed by atoms with Gasteiger partial charge in [0, 0.05) is 33.9 Å². The molecule has 0 amide bonds. The van der Waals surface area contributed by atoms with Crippen LogP contribution in [0.4, 0.5) is 5.82 Å². The van der Waals surface area contributed by atoms with E-state index in [1.165, 1.54) is 16.8 Å². The van der Waals surface area contributed by atoms with Crippen LogP contribution in [-0.2, 0) is 17.1 Å². The van der Waals surface area contributed by atoms with Crippen molar-refractivity contribution < 1.29 is 8.42 Å². The number of aryl methyl sites for hydroxylation is 1. The first kappa shape index (κ1) is 15.9. The van der Waals surface area contributed by atoms with Gasteiger partial charge in [-0.05, 0) is 12.8 Å². The summed E-state index contributed by atoms with van der Waals surface area (Å²) >= 11 is 0. The summed E-state index contributed by atoms with van der Waals surface area (Å²) in [5, 5.41) is 0.0728. The number of nitrogens with zero attached hydrogens (tertiary/aromatic N) is 6. The summed E-state index contributed by atoms with van der Waals surface area (Å²) in [6.45, 7) is 0.470. The minimum Gasteiger partial charge on any atom is -0.361 e. The van der Waals surface area contributed by atoms with Crippen LogP contribution in [-0.4, -0.2) is 52.9 Å². The van der Waals surface area contributed by atoms with Crippen molar-refractivity contribution in [1.82, 2.24) is 23.8 Å². The van der Waals surface area contributed by atoms with Crippen LogP contribution in [0.25, 0.3) is 0 Å². The summed E-state index contributed by atoms with van der Waals surface area (Å²) in [5.74, 6) is 0.713. The van der Waals surface area contributed by atoms with Crippen molar-refractivity contribution in [2.24, 2.45) is 7.05 Å². The van der Waals surface area contributed by atoms with Crippen LogP contribution in [0.5, 0.6) is 0 Å². The van der Waals surface area contributed by atoms with E-state index in [-0.39, 0.29) is 11.1 Å². The molecular weight excluding hydrogens is 316 g/mol. The maximum Gasteiger partial charge on any atom is 0.262 e. The lowest BCUT2D eigenvalue weighted by Crippen LogP contribution is -2.31. The zero-order valence-electron chi connectivity index (χ0n) is 13.4. The number of aromatic nitrogens is 4. The van der Waals surface area contributed by atoms with Crippen LogP contribution in [0.1, 0.15) is 24.6 Å². The second-order valence-corrected chi connectivity index (χ2v) is 7.69. The average Bonchev–Trinajstić information content (AvgIpc) is 3.16. The Kier molecular flexibility index (Phi) is 4.07. The Labute approximate surface area is 135 Å². The van der Waals surface area contributed by atoms with Crippen molar-refractivity contribution in [3.63, 3.8) is 0 Å². The highest BCUT2D eigenvalue weighted by Crippen LogP contribution is 2.35. The van der Waals surface area contributed by atoms with Crippen LogP contribution in [0.2, 0.25) is 0 Å². The number of rotatable bonds is 4. The van der Waals surface area contributed by atoms with Crippen molar-refractivity contribution in [1.29, 1.82) is 0 Å². The molecular formula is C14H20N6O2S. The Bertz CT molecular complexity index is 801. The lowest BCUT2D eigenvalue weighted by Gasteiger charge is -2.23. The molecule has 0 spiro atoms. The van der Waals surface area contributed by atoms with E-state index >= 15 is 0 Å². The van der Waals surface area contributed by atoms with Gasteiger partial charge in [0.25, 0.3) is 10.0 Å². The molecule has 1 atom stereocenters. The first-order valence-corrected chi connectivity index (χ1v) is 8.82. The fourth-order valence-electron chi connectivity index (χ4n) is 2.71. The molecule has 3 heterocycles. The number of hydrogen-bond acceptors (Lipinski definition) is 6. The SMILES string of the molecule is CN(C)c1cncc([C@H]2CCCN2S(=O)(=O)c2cn(C)cn2)n1. The van der Waals surface area contributed by atoms with Crippen molar-refractivity contribution >= 4 is 15.8 Å². The molecule has 9 heteroatoms. The topological polar surface area (TPSA) is 84.2 Å². The van der Waals surface area contributed by atoms with Gasteiger partial charge in [0.2, 0.25) is 0 Å². The summed E-state index contributed by atoms with van der Waals surface area (Å²) in [6, 6.07) is -0.297. The van der Waals surface area contributed by atoms with E-state index < -0.39 is 10.0 Å². The van der Waals surface area contributed by atoms with Gasteiger partial charge in [-0.15, -0.1) is 0 Å². The largest absolute Gasteiger partial charge is 0.361 e. The van der Waals surface area contributed by atoms with Gasteiger partial charge in [0.15, 0.2) is 5.03 Å². The van der Waals surface area contributed by atoms with Gasteiger partial charge in [-0.1, -0.05) is 0 Å². The van der Waals surface area contributed by atoms with Gasteiger partial charge in [-0.25, -0.2) is 18.4 Å². The van der Waals surface area contributed by atoms with Crippen LogP contribution in [0.15, 0.2) is 29.9 Å². The van der Waals surface area contributed by atoms with Gasteiger partial charge < -0.3 is 9.47 Å². The van der Waals surface area contributed by atoms with E-state index in [1.807, 2.05) is 19.0 Å². The van der Waals surface area contributed by atoms with Gasteiger partial charge >= 0.3 is 0 Å². The summed E-state index contributed by atoms with van der Waals surface area (Å²) in [6.07, 6.45) is 7.85. The third-order valence-electron chi connectivity index (χ3n) is 3.90. The van der Waals surface area contributed by atoms with E-state index in [0.717, 1.165) is 12.8 Å². The Morgan fingerprint density at radius 2 is 2.09 bits per heavy atom. The summed E-state index contributed by atoms with van der Waals surface area (Å²) in [5.41, 5.74) is 0.674. The van der Waals surface area contributed by atoms with Crippen LogP contribution in [0, 0.1) is 0 Å². The first-order valence-electron chi connectivity index (χ1n) is 7.38. The highest BCUT2D eigenvalue weighted by Gasteiger charge is 2.38. The fraction of sp³-hybridized carbons (Fsp3) is 0.500. The molecule has 1 saturated heterocycles. The average molecular weight is 336 g/mol. The van der Waals surface area contributed by atoms with E-state index in [2.05, 4.69) is 15.0 Å². The summed E-state index contributed by atoms with van der Waals surface area (Å²) in [4.78, 5) is 14.6.